The van der Waals surface area contributed by atoms with Crippen LogP contribution in [0.4, 0.5) is 10.2 Å². The van der Waals surface area contributed by atoms with Gasteiger partial charge < -0.3 is 5.32 Å². The average Bonchev–Trinajstić information content (AvgIpc) is 2.72. The molecule has 4 fully saturated rings. The second kappa shape index (κ2) is 7.91. The fourth-order valence-corrected chi connectivity index (χ4v) is 7.57. The van der Waals surface area contributed by atoms with Gasteiger partial charge in [-0.2, -0.15) is 0 Å². The first-order chi connectivity index (χ1) is 15.5. The summed E-state index contributed by atoms with van der Waals surface area (Å²) in [6.07, 6.45) is 10.9. The van der Waals surface area contributed by atoms with Crippen molar-refractivity contribution in [2.75, 3.05) is 11.9 Å². The fraction of sp³-hybridized carbons (Fsp3) is 0.577. The monoisotopic (exact) mass is 434 g/mol. The molecule has 7 rings (SSSR count). The molecule has 4 bridgehead atoms. The third-order valence-electron chi connectivity index (χ3n) is 8.34. The average molecular weight is 435 g/mol. The van der Waals surface area contributed by atoms with Crippen LogP contribution in [0, 0.1) is 29.0 Å². The molecule has 168 valence electrons. The van der Waals surface area contributed by atoms with E-state index in [1.807, 2.05) is 6.07 Å². The number of rotatable bonds is 5. The summed E-state index contributed by atoms with van der Waals surface area (Å²) in [6, 6.07) is 6.77. The van der Waals surface area contributed by atoms with Crippen LogP contribution in [-0.4, -0.2) is 27.3 Å². The second-order valence-corrected chi connectivity index (χ2v) is 10.9. The molecule has 1 aromatic carbocycles. The van der Waals surface area contributed by atoms with E-state index in [9.17, 15) is 9.18 Å². The van der Waals surface area contributed by atoms with Gasteiger partial charge in [0.05, 0.1) is 5.69 Å². The molecule has 0 atom stereocenters. The molecule has 5 nitrogen and oxygen atoms in total. The topological polar surface area (TPSA) is 58.1 Å². The first kappa shape index (κ1) is 20.3. The molecule has 0 unspecified atom stereocenters. The molecule has 1 N–H and O–H groups in total. The Bertz CT molecular complexity index is 1000. The standard InChI is InChI=1S/C26H31FN4O/c27-21-3-1-2-17(9-21)14-31-5-4-22-23(15-31)28-16-29-25(22)30-24(32)13-26-10-18-6-19(11-26)8-20(7-18)12-26/h1-3,9,16,18-20H,4-8,10-15H2,(H,28,29,30,32). The second-order valence-electron chi connectivity index (χ2n) is 10.9. The van der Waals surface area contributed by atoms with E-state index in [1.54, 1.807) is 18.5 Å². The molecule has 0 radical (unpaired) electrons. The Labute approximate surface area is 188 Å². The molecule has 0 saturated heterocycles. The number of hydrogen-bond donors (Lipinski definition) is 1. The maximum Gasteiger partial charge on any atom is 0.226 e. The van der Waals surface area contributed by atoms with Gasteiger partial charge in [0.15, 0.2) is 0 Å². The normalized spacial score (nSPS) is 30.8. The third kappa shape index (κ3) is 3.94. The van der Waals surface area contributed by atoms with Gasteiger partial charge in [-0.15, -0.1) is 0 Å². The van der Waals surface area contributed by atoms with E-state index >= 15 is 0 Å². The lowest BCUT2D eigenvalue weighted by Crippen LogP contribution is -2.47. The van der Waals surface area contributed by atoms with Gasteiger partial charge in [-0.3, -0.25) is 9.69 Å². The highest BCUT2D eigenvalue weighted by Gasteiger charge is 2.51. The highest BCUT2D eigenvalue weighted by Crippen LogP contribution is 2.61. The summed E-state index contributed by atoms with van der Waals surface area (Å²) >= 11 is 0. The van der Waals surface area contributed by atoms with E-state index in [0.717, 1.165) is 47.5 Å². The van der Waals surface area contributed by atoms with Crippen LogP contribution in [0.5, 0.6) is 0 Å². The van der Waals surface area contributed by atoms with Gasteiger partial charge in [0.2, 0.25) is 5.91 Å². The summed E-state index contributed by atoms with van der Waals surface area (Å²) < 4.78 is 13.5. The number of carbonyl (C=O) groups is 1. The Balaban J connectivity index is 1.12. The summed E-state index contributed by atoms with van der Waals surface area (Å²) in [5, 5.41) is 3.16. The van der Waals surface area contributed by atoms with Crippen molar-refractivity contribution in [3.05, 3.63) is 53.2 Å². The number of benzene rings is 1. The molecule has 32 heavy (non-hydrogen) atoms. The molecule has 2 aromatic rings. The van der Waals surface area contributed by atoms with Gasteiger partial charge in [0.1, 0.15) is 18.0 Å². The molecular weight excluding hydrogens is 403 g/mol. The molecule has 1 amide bonds. The van der Waals surface area contributed by atoms with Crippen molar-refractivity contribution in [1.82, 2.24) is 14.9 Å². The third-order valence-corrected chi connectivity index (χ3v) is 8.34. The molecule has 1 aliphatic heterocycles. The number of amides is 1. The van der Waals surface area contributed by atoms with Crippen molar-refractivity contribution in [1.29, 1.82) is 0 Å². The van der Waals surface area contributed by atoms with Crippen LogP contribution in [0.15, 0.2) is 30.6 Å². The molecule has 2 heterocycles. The molecule has 6 heteroatoms. The lowest BCUT2D eigenvalue weighted by molar-refractivity contribution is -0.124. The van der Waals surface area contributed by atoms with Crippen LogP contribution in [-0.2, 0) is 24.3 Å². The zero-order chi connectivity index (χ0) is 21.7. The summed E-state index contributed by atoms with van der Waals surface area (Å²) in [6.45, 7) is 2.22. The van der Waals surface area contributed by atoms with Crippen molar-refractivity contribution >= 4 is 11.7 Å². The SMILES string of the molecule is O=C(CC12CC3CC(CC(C3)C1)C2)Nc1ncnc2c1CCN(Cc1cccc(F)c1)C2. The van der Waals surface area contributed by atoms with Gasteiger partial charge >= 0.3 is 0 Å². The van der Waals surface area contributed by atoms with Crippen LogP contribution < -0.4 is 5.32 Å². The Kier molecular flexibility index (Phi) is 5.01. The van der Waals surface area contributed by atoms with Crippen LogP contribution in [0.25, 0.3) is 0 Å². The lowest BCUT2D eigenvalue weighted by Gasteiger charge is -2.56. The minimum absolute atomic E-state index is 0.120. The number of fused-ring (bicyclic) bond motifs is 1. The number of halogens is 1. The van der Waals surface area contributed by atoms with E-state index in [2.05, 4.69) is 20.2 Å². The Morgan fingerprint density at radius 1 is 1.12 bits per heavy atom. The molecule has 0 spiro atoms. The van der Waals surface area contributed by atoms with Crippen molar-refractivity contribution < 1.29 is 9.18 Å². The number of nitrogens with zero attached hydrogens (tertiary/aromatic N) is 3. The maximum absolute atomic E-state index is 13.5. The Morgan fingerprint density at radius 2 is 1.88 bits per heavy atom. The van der Waals surface area contributed by atoms with Gasteiger partial charge in [-0.05, 0) is 85.8 Å². The summed E-state index contributed by atoms with van der Waals surface area (Å²) in [7, 11) is 0. The van der Waals surface area contributed by atoms with E-state index in [4.69, 9.17) is 0 Å². The number of hydrogen-bond acceptors (Lipinski definition) is 4. The van der Waals surface area contributed by atoms with Crippen molar-refractivity contribution in [2.45, 2.75) is 64.5 Å². The molecule has 5 aliphatic rings. The van der Waals surface area contributed by atoms with Crippen LogP contribution in [0.2, 0.25) is 0 Å². The van der Waals surface area contributed by atoms with Gasteiger partial charge in [0.25, 0.3) is 0 Å². The van der Waals surface area contributed by atoms with Crippen LogP contribution >= 0.6 is 0 Å². The van der Waals surface area contributed by atoms with E-state index in [0.29, 0.717) is 25.3 Å². The van der Waals surface area contributed by atoms with Crippen LogP contribution in [0.3, 0.4) is 0 Å². The summed E-state index contributed by atoms with van der Waals surface area (Å²) in [5.74, 6) is 3.16. The minimum Gasteiger partial charge on any atom is -0.310 e. The number of nitrogens with one attached hydrogen (secondary N) is 1. The minimum atomic E-state index is -0.203. The van der Waals surface area contributed by atoms with Crippen molar-refractivity contribution in [3.63, 3.8) is 0 Å². The summed E-state index contributed by atoms with van der Waals surface area (Å²) in [4.78, 5) is 24.3. The quantitative estimate of drug-likeness (QED) is 0.740. The molecule has 1 aromatic heterocycles. The smallest absolute Gasteiger partial charge is 0.226 e. The zero-order valence-electron chi connectivity index (χ0n) is 18.5. The van der Waals surface area contributed by atoms with E-state index < -0.39 is 0 Å². The zero-order valence-corrected chi connectivity index (χ0v) is 18.5. The van der Waals surface area contributed by atoms with Gasteiger partial charge in [0, 0.05) is 31.6 Å². The van der Waals surface area contributed by atoms with Crippen molar-refractivity contribution in [2.24, 2.45) is 23.2 Å². The Morgan fingerprint density at radius 3 is 2.59 bits per heavy atom. The van der Waals surface area contributed by atoms with Crippen molar-refractivity contribution in [3.8, 4) is 0 Å². The Hall–Kier alpha value is -2.34. The fourth-order valence-electron chi connectivity index (χ4n) is 7.57. The maximum atomic E-state index is 13.5. The number of anilines is 1. The van der Waals surface area contributed by atoms with E-state index in [1.165, 1.54) is 44.6 Å². The van der Waals surface area contributed by atoms with Crippen LogP contribution in [0.1, 0.15) is 61.8 Å². The molecule has 4 aliphatic carbocycles. The van der Waals surface area contributed by atoms with E-state index in [-0.39, 0.29) is 17.1 Å². The van der Waals surface area contributed by atoms with Gasteiger partial charge in [-0.1, -0.05) is 12.1 Å². The molecule has 4 saturated carbocycles. The predicted octanol–water partition coefficient (Wildman–Crippen LogP) is 4.72. The predicted molar refractivity (Wildman–Crippen MR) is 120 cm³/mol. The largest absolute Gasteiger partial charge is 0.310 e. The lowest BCUT2D eigenvalue weighted by atomic mass is 9.49. The first-order valence-electron chi connectivity index (χ1n) is 12.1. The highest BCUT2D eigenvalue weighted by molar-refractivity contribution is 5.91. The molecular formula is C26H31FN4O. The number of aromatic nitrogens is 2. The first-order valence-corrected chi connectivity index (χ1v) is 12.1. The van der Waals surface area contributed by atoms with Gasteiger partial charge in [-0.25, -0.2) is 14.4 Å². The number of carbonyl (C=O) groups excluding carboxylic acids is 1. The summed E-state index contributed by atoms with van der Waals surface area (Å²) in [5.41, 5.74) is 3.22. The highest BCUT2D eigenvalue weighted by atomic mass is 19.1.